The lowest BCUT2D eigenvalue weighted by atomic mass is 9.71. The van der Waals surface area contributed by atoms with Crippen molar-refractivity contribution in [3.8, 4) is 0 Å². The van der Waals surface area contributed by atoms with Crippen LogP contribution in [0.25, 0.3) is 0 Å². The highest BCUT2D eigenvalue weighted by Crippen LogP contribution is 2.39. The van der Waals surface area contributed by atoms with Gasteiger partial charge in [0.05, 0.1) is 12.6 Å². The smallest absolute Gasteiger partial charge is 0.129 e. The minimum absolute atomic E-state index is 0.357. The van der Waals surface area contributed by atoms with Crippen molar-refractivity contribution in [2.45, 2.75) is 59.3 Å². The van der Waals surface area contributed by atoms with Crippen molar-refractivity contribution in [2.24, 2.45) is 17.1 Å². The van der Waals surface area contributed by atoms with Crippen LogP contribution in [-0.2, 0) is 17.9 Å². The average Bonchev–Trinajstić information content (AvgIpc) is 2.71. The molecule has 2 N–H and O–H groups in total. The lowest BCUT2D eigenvalue weighted by molar-refractivity contribution is -0.0370. The molecule has 0 bridgehead atoms. The highest BCUT2D eigenvalue weighted by Gasteiger charge is 2.32. The average molecular weight is 251 g/mol. The zero-order valence-electron chi connectivity index (χ0n) is 11.7. The highest BCUT2D eigenvalue weighted by atomic mass is 16.5. The lowest BCUT2D eigenvalue weighted by Gasteiger charge is -2.38. The summed E-state index contributed by atoms with van der Waals surface area (Å²) in [6.07, 6.45) is 3.95. The molecule has 18 heavy (non-hydrogen) atoms. The molecular formula is C15H25NO2. The third-order valence-corrected chi connectivity index (χ3v) is 3.73. The largest absolute Gasteiger partial charge is 0.462 e. The van der Waals surface area contributed by atoms with Gasteiger partial charge < -0.3 is 14.9 Å². The van der Waals surface area contributed by atoms with Gasteiger partial charge in [-0.3, -0.25) is 0 Å². The molecule has 1 aliphatic rings. The maximum Gasteiger partial charge on any atom is 0.129 e. The fourth-order valence-corrected chi connectivity index (χ4v) is 3.19. The van der Waals surface area contributed by atoms with Crippen molar-refractivity contribution in [1.29, 1.82) is 0 Å². The molecule has 1 aromatic heterocycles. The Hall–Kier alpha value is -0.800. The van der Waals surface area contributed by atoms with Crippen LogP contribution in [0.2, 0.25) is 0 Å². The van der Waals surface area contributed by atoms with Crippen LogP contribution in [0.5, 0.6) is 0 Å². The summed E-state index contributed by atoms with van der Waals surface area (Å²) in [6.45, 7) is 7.99. The summed E-state index contributed by atoms with van der Waals surface area (Å²) >= 11 is 0. The minimum Gasteiger partial charge on any atom is -0.462 e. The second-order valence-electron chi connectivity index (χ2n) is 6.42. The van der Waals surface area contributed by atoms with E-state index in [0.717, 1.165) is 30.3 Å². The van der Waals surface area contributed by atoms with Gasteiger partial charge in [0, 0.05) is 0 Å². The third-order valence-electron chi connectivity index (χ3n) is 3.73. The topological polar surface area (TPSA) is 48.4 Å². The molecule has 1 aliphatic carbocycles. The Morgan fingerprint density at radius 3 is 2.67 bits per heavy atom. The van der Waals surface area contributed by atoms with E-state index in [1.807, 2.05) is 12.1 Å². The fraction of sp³-hybridized carbons (Fsp3) is 0.733. The van der Waals surface area contributed by atoms with Crippen LogP contribution in [0.1, 0.15) is 51.6 Å². The van der Waals surface area contributed by atoms with Gasteiger partial charge in [-0.25, -0.2) is 0 Å². The molecule has 0 spiro atoms. The van der Waals surface area contributed by atoms with Gasteiger partial charge in [0.2, 0.25) is 0 Å². The second-order valence-corrected chi connectivity index (χ2v) is 6.42. The van der Waals surface area contributed by atoms with Gasteiger partial charge >= 0.3 is 0 Å². The standard InChI is InChI=1S/C15H25NO2/c1-11-6-14(8-15(2,3)7-11)17-10-13-5-4-12(9-16)18-13/h4-5,11,14H,6-10,16H2,1-3H3. The third kappa shape index (κ3) is 3.59. The van der Waals surface area contributed by atoms with Gasteiger partial charge in [-0.15, -0.1) is 0 Å². The molecule has 0 radical (unpaired) electrons. The monoisotopic (exact) mass is 251 g/mol. The zero-order chi connectivity index (χ0) is 13.2. The van der Waals surface area contributed by atoms with Crippen LogP contribution in [0.3, 0.4) is 0 Å². The van der Waals surface area contributed by atoms with Crippen molar-refractivity contribution >= 4 is 0 Å². The van der Waals surface area contributed by atoms with Crippen LogP contribution in [-0.4, -0.2) is 6.10 Å². The maximum absolute atomic E-state index is 6.00. The van der Waals surface area contributed by atoms with E-state index >= 15 is 0 Å². The molecule has 0 aliphatic heterocycles. The highest BCUT2D eigenvalue weighted by molar-refractivity contribution is 5.06. The van der Waals surface area contributed by atoms with E-state index in [2.05, 4.69) is 20.8 Å². The van der Waals surface area contributed by atoms with E-state index < -0.39 is 0 Å². The van der Waals surface area contributed by atoms with Gasteiger partial charge in [-0.05, 0) is 42.7 Å². The fourth-order valence-electron chi connectivity index (χ4n) is 3.19. The number of rotatable bonds is 4. The summed E-state index contributed by atoms with van der Waals surface area (Å²) < 4.78 is 11.6. The van der Waals surface area contributed by atoms with E-state index in [1.165, 1.54) is 6.42 Å². The Kier molecular flexibility index (Phi) is 4.13. The molecule has 3 nitrogen and oxygen atoms in total. The summed E-state index contributed by atoms with van der Waals surface area (Å²) in [5, 5.41) is 0. The SMILES string of the molecule is CC1CC(OCc2ccc(CN)o2)CC(C)(C)C1. The van der Waals surface area contributed by atoms with Crippen LogP contribution in [0.4, 0.5) is 0 Å². The molecule has 2 unspecified atom stereocenters. The van der Waals surface area contributed by atoms with Gasteiger partial charge in [0.15, 0.2) is 0 Å². The molecular weight excluding hydrogens is 226 g/mol. The van der Waals surface area contributed by atoms with Crippen LogP contribution < -0.4 is 5.73 Å². The molecule has 0 aromatic carbocycles. The van der Waals surface area contributed by atoms with E-state index in [9.17, 15) is 0 Å². The first-order valence-corrected chi connectivity index (χ1v) is 6.88. The Morgan fingerprint density at radius 2 is 2.06 bits per heavy atom. The van der Waals surface area contributed by atoms with Crippen molar-refractivity contribution in [3.05, 3.63) is 23.7 Å². The molecule has 2 atom stereocenters. The zero-order valence-corrected chi connectivity index (χ0v) is 11.7. The van der Waals surface area contributed by atoms with E-state index in [-0.39, 0.29) is 0 Å². The Morgan fingerprint density at radius 1 is 1.33 bits per heavy atom. The second kappa shape index (κ2) is 5.45. The van der Waals surface area contributed by atoms with Gasteiger partial charge in [0.1, 0.15) is 18.1 Å². The molecule has 2 rings (SSSR count). The first kappa shape index (κ1) is 13.6. The molecule has 3 heteroatoms. The van der Waals surface area contributed by atoms with Crippen LogP contribution in [0, 0.1) is 11.3 Å². The first-order valence-electron chi connectivity index (χ1n) is 6.88. The summed E-state index contributed by atoms with van der Waals surface area (Å²) in [6, 6.07) is 3.88. The van der Waals surface area contributed by atoms with E-state index in [1.54, 1.807) is 0 Å². The lowest BCUT2D eigenvalue weighted by Crippen LogP contribution is -2.32. The molecule has 1 fully saturated rings. The molecule has 0 saturated heterocycles. The Balaban J connectivity index is 1.86. The predicted octanol–water partition coefficient (Wildman–Crippen LogP) is 3.47. The molecule has 0 amide bonds. The van der Waals surface area contributed by atoms with Gasteiger partial charge in [-0.2, -0.15) is 0 Å². The van der Waals surface area contributed by atoms with Gasteiger partial charge in [-0.1, -0.05) is 20.8 Å². The maximum atomic E-state index is 6.00. The number of hydrogen-bond acceptors (Lipinski definition) is 3. The van der Waals surface area contributed by atoms with E-state index in [4.69, 9.17) is 14.9 Å². The summed E-state index contributed by atoms with van der Waals surface area (Å²) in [4.78, 5) is 0. The van der Waals surface area contributed by atoms with Crippen LogP contribution in [0.15, 0.2) is 16.5 Å². The Bertz CT molecular complexity index is 384. The Labute approximate surface area is 110 Å². The van der Waals surface area contributed by atoms with Crippen molar-refractivity contribution in [2.75, 3.05) is 0 Å². The predicted molar refractivity (Wildman–Crippen MR) is 72.0 cm³/mol. The van der Waals surface area contributed by atoms with Crippen molar-refractivity contribution in [1.82, 2.24) is 0 Å². The molecule has 102 valence electrons. The molecule has 1 saturated carbocycles. The number of ether oxygens (including phenoxy) is 1. The normalized spacial score (nSPS) is 27.3. The number of hydrogen-bond donors (Lipinski definition) is 1. The molecule has 1 aromatic rings. The van der Waals surface area contributed by atoms with Crippen LogP contribution >= 0.6 is 0 Å². The van der Waals surface area contributed by atoms with Crippen molar-refractivity contribution in [3.63, 3.8) is 0 Å². The summed E-state index contributed by atoms with van der Waals surface area (Å²) in [5.74, 6) is 2.45. The van der Waals surface area contributed by atoms with E-state index in [0.29, 0.717) is 24.7 Å². The summed E-state index contributed by atoms with van der Waals surface area (Å²) in [5.41, 5.74) is 5.92. The molecule has 1 heterocycles. The number of furan rings is 1. The quantitative estimate of drug-likeness (QED) is 0.891. The minimum atomic E-state index is 0.357. The first-order chi connectivity index (χ1) is 8.48. The number of nitrogens with two attached hydrogens (primary N) is 1. The summed E-state index contributed by atoms with van der Waals surface area (Å²) in [7, 11) is 0. The van der Waals surface area contributed by atoms with Gasteiger partial charge in [0.25, 0.3) is 0 Å². The van der Waals surface area contributed by atoms with Crippen molar-refractivity contribution < 1.29 is 9.15 Å².